The number of piperazine rings is 1. The largest absolute Gasteiger partial charge is 0.495 e. The molecule has 2 aliphatic rings. The maximum Gasteiger partial charge on any atom is 0.250 e. The van der Waals surface area contributed by atoms with Crippen molar-refractivity contribution in [2.24, 2.45) is 0 Å². The summed E-state index contributed by atoms with van der Waals surface area (Å²) < 4.78 is 39.2. The fourth-order valence-corrected chi connectivity index (χ4v) is 6.51. The van der Waals surface area contributed by atoms with Crippen LogP contribution in [0.25, 0.3) is 0 Å². The molecule has 2 saturated heterocycles. The molecule has 0 spiro atoms. The summed E-state index contributed by atoms with van der Waals surface area (Å²) in [6, 6.07) is 10.7. The Morgan fingerprint density at radius 2 is 1.91 bits per heavy atom. The van der Waals surface area contributed by atoms with Gasteiger partial charge in [0.2, 0.25) is 10.0 Å². The lowest BCUT2D eigenvalue weighted by atomic mass is 10.0. The van der Waals surface area contributed by atoms with Crippen LogP contribution in [0.15, 0.2) is 46.0 Å². The van der Waals surface area contributed by atoms with E-state index in [1.54, 1.807) is 24.6 Å². The molecule has 0 bridgehead atoms. The topological polar surface area (TPSA) is 112 Å². The number of aliphatic hydroxyl groups is 2. The van der Waals surface area contributed by atoms with Crippen LogP contribution >= 0.6 is 11.3 Å². The minimum absolute atomic E-state index is 0.0190. The third-order valence-corrected chi connectivity index (χ3v) is 8.86. The number of nitrogens with one attached hydrogen (secondary N) is 1. The molecule has 1 aromatic carbocycles. The number of hydrogen-bond donors (Lipinski definition) is 3. The molecule has 1 aromatic heterocycles. The zero-order chi connectivity index (χ0) is 22.7. The summed E-state index contributed by atoms with van der Waals surface area (Å²) in [6.07, 6.45) is -2.23. The van der Waals surface area contributed by atoms with Crippen LogP contribution in [0.3, 0.4) is 0 Å². The first kappa shape index (κ1) is 23.4. The van der Waals surface area contributed by atoms with Crippen molar-refractivity contribution in [3.63, 3.8) is 0 Å². The molecule has 0 radical (unpaired) electrons. The highest BCUT2D eigenvalue weighted by Gasteiger charge is 2.47. The van der Waals surface area contributed by atoms with Gasteiger partial charge in [-0.1, -0.05) is 18.2 Å². The number of thiophene rings is 1. The smallest absolute Gasteiger partial charge is 0.250 e. The monoisotopic (exact) mass is 483 g/mol. The molecule has 0 saturated carbocycles. The van der Waals surface area contributed by atoms with Crippen LogP contribution in [0.4, 0.5) is 5.69 Å². The number of para-hydroxylation sites is 2. The molecule has 4 rings (SSSR count). The second kappa shape index (κ2) is 10.0. The van der Waals surface area contributed by atoms with Crippen molar-refractivity contribution in [2.45, 2.75) is 28.6 Å². The number of anilines is 1. The Morgan fingerprint density at radius 1 is 1.16 bits per heavy atom. The molecule has 9 nitrogen and oxygen atoms in total. The SMILES string of the molecule is COc1ccccc1N1CCN([C@@H]2[C@H](O)[C@H](CO)O[C@@H]2CNS(=O)(=O)c2cccs2)CC1. The van der Waals surface area contributed by atoms with Crippen LogP contribution in [-0.4, -0.2) is 94.3 Å². The highest BCUT2D eigenvalue weighted by Crippen LogP contribution is 2.31. The lowest BCUT2D eigenvalue weighted by molar-refractivity contribution is -0.0201. The molecule has 2 aliphatic heterocycles. The van der Waals surface area contributed by atoms with E-state index in [4.69, 9.17) is 9.47 Å². The molecular weight excluding hydrogens is 454 g/mol. The average molecular weight is 484 g/mol. The van der Waals surface area contributed by atoms with Gasteiger partial charge in [0.05, 0.1) is 31.5 Å². The second-order valence-electron chi connectivity index (χ2n) is 7.86. The average Bonchev–Trinajstić information content (AvgIpc) is 3.47. The summed E-state index contributed by atoms with van der Waals surface area (Å²) in [5.41, 5.74) is 1.02. The van der Waals surface area contributed by atoms with Gasteiger partial charge in [-0.05, 0) is 23.6 Å². The standard InChI is InChI=1S/C21H29N3O6S2/c1-29-16-6-3-2-5-15(16)23-8-10-24(11-9-23)20-17(30-18(14-25)21(20)26)13-22-32(27,28)19-7-4-12-31-19/h2-7,12,17-18,20-22,25-26H,8-11,13-14H2,1H3/t17-,18+,20+,21-/m1/s1. The summed E-state index contributed by atoms with van der Waals surface area (Å²) in [7, 11) is -2.00. The fourth-order valence-electron chi connectivity index (χ4n) is 4.43. The normalized spacial score (nSPS) is 27.0. The van der Waals surface area contributed by atoms with Crippen molar-refractivity contribution in [3.05, 3.63) is 41.8 Å². The first-order chi connectivity index (χ1) is 15.4. The van der Waals surface area contributed by atoms with E-state index < -0.39 is 34.4 Å². The van der Waals surface area contributed by atoms with E-state index in [9.17, 15) is 18.6 Å². The summed E-state index contributed by atoms with van der Waals surface area (Å²) in [5.74, 6) is 0.811. The lowest BCUT2D eigenvalue weighted by Gasteiger charge is -2.41. The van der Waals surface area contributed by atoms with Gasteiger partial charge in [0.1, 0.15) is 22.2 Å². The van der Waals surface area contributed by atoms with E-state index in [-0.39, 0.29) is 17.4 Å². The van der Waals surface area contributed by atoms with Gasteiger partial charge in [0.25, 0.3) is 0 Å². The molecule has 0 amide bonds. The maximum absolute atomic E-state index is 12.5. The van der Waals surface area contributed by atoms with E-state index in [2.05, 4.69) is 14.5 Å². The number of hydrogen-bond acceptors (Lipinski definition) is 9. The van der Waals surface area contributed by atoms with Gasteiger partial charge in [-0.15, -0.1) is 11.3 Å². The Labute approximate surface area is 192 Å². The summed E-state index contributed by atoms with van der Waals surface area (Å²) in [5, 5.41) is 22.2. The van der Waals surface area contributed by atoms with Gasteiger partial charge in [0, 0.05) is 32.7 Å². The van der Waals surface area contributed by atoms with E-state index in [0.29, 0.717) is 13.1 Å². The van der Waals surface area contributed by atoms with Crippen LogP contribution in [-0.2, 0) is 14.8 Å². The van der Waals surface area contributed by atoms with Crippen LogP contribution in [0.1, 0.15) is 0 Å². The minimum Gasteiger partial charge on any atom is -0.495 e. The van der Waals surface area contributed by atoms with Crippen molar-refractivity contribution in [1.82, 2.24) is 9.62 Å². The summed E-state index contributed by atoms with van der Waals surface area (Å²) in [6.45, 7) is 2.46. The van der Waals surface area contributed by atoms with Crippen LogP contribution < -0.4 is 14.4 Å². The number of aliphatic hydroxyl groups excluding tert-OH is 2. The highest BCUT2D eigenvalue weighted by molar-refractivity contribution is 7.91. The Hall–Kier alpha value is -1.73. The fraction of sp³-hybridized carbons (Fsp3) is 0.524. The number of benzene rings is 1. The molecule has 11 heteroatoms. The highest BCUT2D eigenvalue weighted by atomic mass is 32.2. The van der Waals surface area contributed by atoms with Crippen LogP contribution in [0.5, 0.6) is 5.75 Å². The summed E-state index contributed by atoms with van der Waals surface area (Å²) >= 11 is 1.14. The minimum atomic E-state index is -3.65. The van der Waals surface area contributed by atoms with Crippen molar-refractivity contribution in [3.8, 4) is 5.75 Å². The number of ether oxygens (including phenoxy) is 2. The van der Waals surface area contributed by atoms with Crippen molar-refractivity contribution in [2.75, 3.05) is 51.3 Å². The maximum atomic E-state index is 12.5. The number of nitrogens with zero attached hydrogens (tertiary/aromatic N) is 2. The molecule has 32 heavy (non-hydrogen) atoms. The van der Waals surface area contributed by atoms with E-state index in [1.807, 2.05) is 24.3 Å². The molecule has 0 unspecified atom stereocenters. The van der Waals surface area contributed by atoms with Crippen molar-refractivity contribution in [1.29, 1.82) is 0 Å². The van der Waals surface area contributed by atoms with Gasteiger partial charge < -0.3 is 24.6 Å². The predicted molar refractivity (Wildman–Crippen MR) is 122 cm³/mol. The van der Waals surface area contributed by atoms with Crippen molar-refractivity contribution >= 4 is 27.0 Å². The number of rotatable bonds is 8. The second-order valence-corrected chi connectivity index (χ2v) is 10.8. The molecule has 2 fully saturated rings. The Kier molecular flexibility index (Phi) is 7.35. The summed E-state index contributed by atoms with van der Waals surface area (Å²) in [4.78, 5) is 4.35. The Balaban J connectivity index is 1.43. The lowest BCUT2D eigenvalue weighted by Crippen LogP contribution is -2.57. The molecule has 4 atom stereocenters. The molecule has 0 aliphatic carbocycles. The third kappa shape index (κ3) is 4.79. The van der Waals surface area contributed by atoms with Crippen molar-refractivity contribution < 1.29 is 28.1 Å². The van der Waals surface area contributed by atoms with E-state index >= 15 is 0 Å². The number of methoxy groups -OCH3 is 1. The number of sulfonamides is 1. The van der Waals surface area contributed by atoms with Gasteiger partial charge in [-0.3, -0.25) is 4.90 Å². The molecule has 2 aromatic rings. The molecule has 3 N–H and O–H groups in total. The molecule has 176 valence electrons. The Bertz CT molecular complexity index is 979. The first-order valence-electron chi connectivity index (χ1n) is 10.5. The zero-order valence-corrected chi connectivity index (χ0v) is 19.5. The molecular formula is C21H29N3O6S2. The zero-order valence-electron chi connectivity index (χ0n) is 17.8. The van der Waals surface area contributed by atoms with Gasteiger partial charge in [-0.2, -0.15) is 0 Å². The van der Waals surface area contributed by atoms with E-state index in [0.717, 1.165) is 35.9 Å². The third-order valence-electron chi connectivity index (χ3n) is 6.04. The quantitative estimate of drug-likeness (QED) is 0.493. The van der Waals surface area contributed by atoms with Crippen LogP contribution in [0.2, 0.25) is 0 Å². The van der Waals surface area contributed by atoms with Gasteiger partial charge >= 0.3 is 0 Å². The predicted octanol–water partition coefficient (Wildman–Crippen LogP) is 0.346. The van der Waals surface area contributed by atoms with Gasteiger partial charge in [-0.25, -0.2) is 13.1 Å². The Morgan fingerprint density at radius 3 is 2.56 bits per heavy atom. The first-order valence-corrected chi connectivity index (χ1v) is 12.9. The van der Waals surface area contributed by atoms with E-state index in [1.165, 1.54) is 0 Å². The van der Waals surface area contributed by atoms with Crippen LogP contribution in [0, 0.1) is 0 Å². The van der Waals surface area contributed by atoms with Gasteiger partial charge in [0.15, 0.2) is 0 Å². The molecule has 3 heterocycles.